The average Bonchev–Trinajstić information content (AvgIpc) is 2.77. The molecule has 2 amide bonds. The number of halogens is 1. The molecule has 0 radical (unpaired) electrons. The Balaban J connectivity index is 1.98. The van der Waals surface area contributed by atoms with Gasteiger partial charge in [-0.15, -0.1) is 0 Å². The van der Waals surface area contributed by atoms with Gasteiger partial charge >= 0.3 is 5.97 Å². The number of quaternary nitrogens is 1. The van der Waals surface area contributed by atoms with Crippen molar-refractivity contribution in [2.24, 2.45) is 0 Å². The third-order valence-corrected chi connectivity index (χ3v) is 4.63. The van der Waals surface area contributed by atoms with Crippen molar-refractivity contribution in [2.75, 3.05) is 33.8 Å². The highest BCUT2D eigenvalue weighted by Crippen LogP contribution is 2.32. The van der Waals surface area contributed by atoms with E-state index in [2.05, 4.69) is 15.9 Å². The maximum Gasteiger partial charge on any atom is 0.326 e. The fourth-order valence-electron chi connectivity index (χ4n) is 1.89. The number of ether oxygens (including phenoxy) is 1. The Morgan fingerprint density at radius 2 is 1.96 bits per heavy atom. The second kappa shape index (κ2) is 8.46. The predicted octanol–water partition coefficient (Wildman–Crippen LogP) is 1.17. The smallest absolute Gasteiger partial charge is 0.326 e. The molecule has 24 heavy (non-hydrogen) atoms. The molecule has 1 aromatic rings. The molecule has 1 N–H and O–H groups in total. The van der Waals surface area contributed by atoms with Crippen molar-refractivity contribution in [3.05, 3.63) is 39.2 Å². The highest BCUT2D eigenvalue weighted by molar-refractivity contribution is 9.10. The van der Waals surface area contributed by atoms with Gasteiger partial charge in [0, 0.05) is 4.47 Å². The van der Waals surface area contributed by atoms with E-state index in [-0.39, 0.29) is 13.2 Å². The number of esters is 1. The molecule has 1 saturated heterocycles. The third-order valence-electron chi connectivity index (χ3n) is 3.19. The van der Waals surface area contributed by atoms with Crippen LogP contribution in [-0.2, 0) is 14.3 Å². The molecular formula is C16H18BrN2O4S+. The van der Waals surface area contributed by atoms with Crippen molar-refractivity contribution in [1.82, 2.24) is 4.90 Å². The zero-order valence-corrected chi connectivity index (χ0v) is 15.8. The lowest BCUT2D eigenvalue weighted by Gasteiger charge is -2.12. The van der Waals surface area contributed by atoms with Crippen LogP contribution in [0.3, 0.4) is 0 Å². The van der Waals surface area contributed by atoms with Crippen LogP contribution < -0.4 is 4.90 Å². The van der Waals surface area contributed by atoms with Crippen LogP contribution in [0.15, 0.2) is 33.6 Å². The van der Waals surface area contributed by atoms with Crippen LogP contribution in [0, 0.1) is 0 Å². The molecule has 1 fully saturated rings. The number of imide groups is 1. The first-order chi connectivity index (χ1) is 11.4. The molecule has 0 aromatic heterocycles. The van der Waals surface area contributed by atoms with Crippen molar-refractivity contribution in [2.45, 2.75) is 0 Å². The molecule has 0 unspecified atom stereocenters. The van der Waals surface area contributed by atoms with E-state index in [1.54, 1.807) is 6.08 Å². The van der Waals surface area contributed by atoms with Crippen LogP contribution in [0.5, 0.6) is 0 Å². The topological polar surface area (TPSA) is 68.1 Å². The Labute approximate surface area is 152 Å². The van der Waals surface area contributed by atoms with Crippen molar-refractivity contribution in [3.8, 4) is 0 Å². The van der Waals surface area contributed by atoms with Gasteiger partial charge in [0.2, 0.25) is 0 Å². The molecule has 1 aliphatic rings. The molecule has 1 heterocycles. The summed E-state index contributed by atoms with van der Waals surface area (Å²) < 4.78 is 5.96. The second-order valence-electron chi connectivity index (χ2n) is 5.50. The van der Waals surface area contributed by atoms with Crippen LogP contribution in [0.4, 0.5) is 4.79 Å². The van der Waals surface area contributed by atoms with E-state index in [1.165, 1.54) is 0 Å². The first-order valence-electron chi connectivity index (χ1n) is 7.32. The summed E-state index contributed by atoms with van der Waals surface area (Å²) in [6, 6.07) is 7.35. The summed E-state index contributed by atoms with van der Waals surface area (Å²) in [5.74, 6) is -1.05. The molecule has 6 nitrogen and oxygen atoms in total. The van der Waals surface area contributed by atoms with Gasteiger partial charge in [0.25, 0.3) is 11.1 Å². The minimum absolute atomic E-state index is 0.256. The van der Waals surface area contributed by atoms with Crippen molar-refractivity contribution >= 4 is 50.9 Å². The average molecular weight is 414 g/mol. The molecular weight excluding hydrogens is 396 g/mol. The second-order valence-corrected chi connectivity index (χ2v) is 7.41. The van der Waals surface area contributed by atoms with E-state index >= 15 is 0 Å². The standard InChI is InChI=1S/C16H17BrN2O4S/c1-18(2)7-8-23-14(20)10-19-15(21)13(24-16(19)22)9-11-3-5-12(17)6-4-11/h3-6,9H,7-8,10H2,1-2H3/p+1/b13-9+. The monoisotopic (exact) mass is 413 g/mol. The van der Waals surface area contributed by atoms with Gasteiger partial charge in [-0.1, -0.05) is 28.1 Å². The van der Waals surface area contributed by atoms with Crippen LogP contribution in [0.1, 0.15) is 5.56 Å². The zero-order chi connectivity index (χ0) is 17.7. The molecule has 1 aliphatic heterocycles. The fourth-order valence-corrected chi connectivity index (χ4v) is 2.99. The highest BCUT2D eigenvalue weighted by Gasteiger charge is 2.36. The quantitative estimate of drug-likeness (QED) is 0.559. The van der Waals surface area contributed by atoms with Gasteiger partial charge in [0.05, 0.1) is 19.0 Å². The van der Waals surface area contributed by atoms with Gasteiger partial charge in [0.1, 0.15) is 19.7 Å². The molecule has 8 heteroatoms. The molecule has 2 rings (SSSR count). The summed E-state index contributed by atoms with van der Waals surface area (Å²) in [5.41, 5.74) is 0.806. The van der Waals surface area contributed by atoms with Gasteiger partial charge < -0.3 is 9.64 Å². The maximum atomic E-state index is 12.3. The number of nitrogens with zero attached hydrogens (tertiary/aromatic N) is 1. The summed E-state index contributed by atoms with van der Waals surface area (Å²) in [7, 11) is 3.88. The molecule has 0 bridgehead atoms. The van der Waals surface area contributed by atoms with Crippen molar-refractivity contribution in [1.29, 1.82) is 0 Å². The van der Waals surface area contributed by atoms with Crippen LogP contribution in [0.2, 0.25) is 0 Å². The first-order valence-corrected chi connectivity index (χ1v) is 8.93. The largest absolute Gasteiger partial charge is 0.458 e. The number of thioether (sulfide) groups is 1. The van der Waals surface area contributed by atoms with Crippen molar-refractivity contribution < 1.29 is 24.0 Å². The maximum absolute atomic E-state index is 12.3. The first kappa shape index (κ1) is 18.7. The molecule has 0 saturated carbocycles. The summed E-state index contributed by atoms with van der Waals surface area (Å²) in [6.45, 7) is 0.564. The lowest BCUT2D eigenvalue weighted by atomic mass is 10.2. The molecule has 0 atom stereocenters. The number of hydrogen-bond donors (Lipinski definition) is 1. The Hall–Kier alpha value is -1.64. The number of benzene rings is 1. The third kappa shape index (κ3) is 5.19. The van der Waals surface area contributed by atoms with E-state index in [0.717, 1.165) is 31.6 Å². The minimum atomic E-state index is -0.580. The minimum Gasteiger partial charge on any atom is -0.458 e. The van der Waals surface area contributed by atoms with Crippen molar-refractivity contribution in [3.63, 3.8) is 0 Å². The lowest BCUT2D eigenvalue weighted by Crippen LogP contribution is -3.06. The molecule has 1 aromatic carbocycles. The van der Waals surface area contributed by atoms with E-state index in [1.807, 2.05) is 38.4 Å². The summed E-state index contributed by atoms with van der Waals surface area (Å²) in [4.78, 5) is 38.4. The summed E-state index contributed by atoms with van der Waals surface area (Å²) >= 11 is 4.16. The van der Waals surface area contributed by atoms with E-state index in [4.69, 9.17) is 4.74 Å². The Morgan fingerprint density at radius 1 is 1.29 bits per heavy atom. The number of nitrogens with one attached hydrogen (secondary N) is 1. The summed E-state index contributed by atoms with van der Waals surface area (Å²) in [6.07, 6.45) is 1.64. The SMILES string of the molecule is C[NH+](C)CCOC(=O)CN1C(=O)S/C(=C/c2ccc(Br)cc2)C1=O. The fraction of sp³-hybridized carbons (Fsp3) is 0.312. The Kier molecular flexibility index (Phi) is 6.59. The number of likely N-dealkylation sites (N-methyl/N-ethyl adjacent to an activating group) is 1. The highest BCUT2D eigenvalue weighted by atomic mass is 79.9. The van der Waals surface area contributed by atoms with Crippen LogP contribution in [0.25, 0.3) is 6.08 Å². The van der Waals surface area contributed by atoms with Crippen LogP contribution in [-0.4, -0.2) is 55.8 Å². The van der Waals surface area contributed by atoms with E-state index in [9.17, 15) is 14.4 Å². The van der Waals surface area contributed by atoms with E-state index < -0.39 is 17.1 Å². The molecule has 0 spiro atoms. The lowest BCUT2D eigenvalue weighted by molar-refractivity contribution is -0.858. The number of rotatable bonds is 6. The van der Waals surface area contributed by atoms with Crippen LogP contribution >= 0.6 is 27.7 Å². The summed E-state index contributed by atoms with van der Waals surface area (Å²) in [5, 5.41) is -0.460. The van der Waals surface area contributed by atoms with Gasteiger partial charge in [-0.25, -0.2) is 0 Å². The van der Waals surface area contributed by atoms with Gasteiger partial charge in [-0.05, 0) is 35.5 Å². The van der Waals surface area contributed by atoms with E-state index in [0.29, 0.717) is 11.4 Å². The Bertz CT molecular complexity index is 673. The zero-order valence-electron chi connectivity index (χ0n) is 13.4. The number of amides is 2. The van der Waals surface area contributed by atoms with Gasteiger partial charge in [-0.3, -0.25) is 19.3 Å². The molecule has 0 aliphatic carbocycles. The van der Waals surface area contributed by atoms with Gasteiger partial charge in [-0.2, -0.15) is 0 Å². The number of carbonyl (C=O) groups is 3. The number of carbonyl (C=O) groups excluding carboxylic acids is 3. The number of hydrogen-bond acceptors (Lipinski definition) is 5. The van der Waals surface area contributed by atoms with Gasteiger partial charge in [0.15, 0.2) is 0 Å². The Morgan fingerprint density at radius 3 is 2.58 bits per heavy atom. The predicted molar refractivity (Wildman–Crippen MR) is 95.5 cm³/mol. The molecule has 128 valence electrons. The normalized spacial score (nSPS) is 16.3.